The Kier molecular flexibility index (Phi) is 3.70. The Morgan fingerprint density at radius 2 is 2.11 bits per heavy atom. The van der Waals surface area contributed by atoms with Gasteiger partial charge in [0.2, 0.25) is 10.0 Å². The molecular formula is C12H17FN2O2S. The number of hydrogen-bond acceptors (Lipinski definition) is 3. The van der Waals surface area contributed by atoms with Gasteiger partial charge < -0.3 is 5.73 Å². The predicted octanol–water partition coefficient (Wildman–Crippen LogP) is 1.25. The van der Waals surface area contributed by atoms with Crippen LogP contribution in [0.1, 0.15) is 18.4 Å². The van der Waals surface area contributed by atoms with Crippen molar-refractivity contribution in [3.05, 3.63) is 29.6 Å². The van der Waals surface area contributed by atoms with Crippen molar-refractivity contribution in [3.63, 3.8) is 0 Å². The molecule has 18 heavy (non-hydrogen) atoms. The Hall–Kier alpha value is -0.980. The molecule has 0 aliphatic heterocycles. The van der Waals surface area contributed by atoms with Gasteiger partial charge in [0.15, 0.2) is 0 Å². The zero-order valence-corrected chi connectivity index (χ0v) is 11.1. The van der Waals surface area contributed by atoms with Crippen LogP contribution in [0.25, 0.3) is 0 Å². The number of benzene rings is 1. The minimum absolute atomic E-state index is 0.0592. The van der Waals surface area contributed by atoms with Crippen LogP contribution in [0.4, 0.5) is 4.39 Å². The largest absolute Gasteiger partial charge is 0.329 e. The second-order valence-corrected chi connectivity index (χ2v) is 6.44. The summed E-state index contributed by atoms with van der Waals surface area (Å²) in [5.41, 5.74) is 5.79. The van der Waals surface area contributed by atoms with Gasteiger partial charge in [-0.1, -0.05) is 0 Å². The molecule has 6 heteroatoms. The van der Waals surface area contributed by atoms with E-state index in [-0.39, 0.29) is 17.5 Å². The SMILES string of the molecule is Cc1cc(S(=O)(=O)N(CCN)C2CC2)ccc1F. The molecule has 4 nitrogen and oxygen atoms in total. The minimum atomic E-state index is -3.55. The van der Waals surface area contributed by atoms with Crippen LogP contribution in [0.15, 0.2) is 23.1 Å². The van der Waals surface area contributed by atoms with Gasteiger partial charge >= 0.3 is 0 Å². The lowest BCUT2D eigenvalue weighted by molar-refractivity contribution is 0.411. The Morgan fingerprint density at radius 1 is 1.44 bits per heavy atom. The molecule has 0 amide bonds. The van der Waals surface area contributed by atoms with Gasteiger partial charge in [0, 0.05) is 19.1 Å². The van der Waals surface area contributed by atoms with Crippen LogP contribution >= 0.6 is 0 Å². The number of rotatable bonds is 5. The summed E-state index contributed by atoms with van der Waals surface area (Å²) >= 11 is 0. The Bertz CT molecular complexity index is 541. The van der Waals surface area contributed by atoms with Crippen molar-refractivity contribution < 1.29 is 12.8 Å². The molecule has 1 aliphatic carbocycles. The number of sulfonamides is 1. The van der Waals surface area contributed by atoms with E-state index in [1.807, 2.05) is 0 Å². The molecule has 2 rings (SSSR count). The summed E-state index contributed by atoms with van der Waals surface area (Å²) in [4.78, 5) is 0.141. The highest BCUT2D eigenvalue weighted by molar-refractivity contribution is 7.89. The van der Waals surface area contributed by atoms with Crippen LogP contribution in [0.2, 0.25) is 0 Å². The molecule has 0 spiro atoms. The number of halogens is 1. The minimum Gasteiger partial charge on any atom is -0.329 e. The summed E-state index contributed by atoms with van der Waals surface area (Å²) in [6.07, 6.45) is 1.75. The molecular weight excluding hydrogens is 255 g/mol. The summed E-state index contributed by atoms with van der Waals surface area (Å²) in [5.74, 6) is -0.397. The van der Waals surface area contributed by atoms with Gasteiger partial charge in [0.05, 0.1) is 4.90 Å². The normalized spacial score (nSPS) is 16.2. The first-order valence-electron chi connectivity index (χ1n) is 5.95. The maximum atomic E-state index is 13.2. The first kappa shape index (κ1) is 13.5. The molecule has 1 aliphatic rings. The molecule has 1 aromatic rings. The fourth-order valence-corrected chi connectivity index (χ4v) is 3.69. The van der Waals surface area contributed by atoms with Crippen LogP contribution in [0, 0.1) is 12.7 Å². The summed E-state index contributed by atoms with van der Waals surface area (Å²) < 4.78 is 39.4. The molecule has 0 atom stereocenters. The van der Waals surface area contributed by atoms with Crippen LogP contribution in [-0.2, 0) is 10.0 Å². The van der Waals surface area contributed by atoms with Crippen molar-refractivity contribution in [1.82, 2.24) is 4.31 Å². The Balaban J connectivity index is 2.36. The van der Waals surface area contributed by atoms with Crippen molar-refractivity contribution in [2.45, 2.75) is 30.7 Å². The fourth-order valence-electron chi connectivity index (χ4n) is 1.90. The summed E-state index contributed by atoms with van der Waals surface area (Å²) in [6, 6.07) is 3.93. The van der Waals surface area contributed by atoms with E-state index < -0.39 is 15.8 Å². The van der Waals surface area contributed by atoms with Crippen molar-refractivity contribution in [3.8, 4) is 0 Å². The molecule has 0 radical (unpaired) electrons. The quantitative estimate of drug-likeness (QED) is 0.877. The lowest BCUT2D eigenvalue weighted by atomic mass is 10.2. The molecule has 0 saturated heterocycles. The molecule has 1 saturated carbocycles. The van der Waals surface area contributed by atoms with Gasteiger partial charge in [-0.25, -0.2) is 12.8 Å². The van der Waals surface area contributed by atoms with Gasteiger partial charge in [-0.15, -0.1) is 0 Å². The monoisotopic (exact) mass is 272 g/mol. The zero-order chi connectivity index (χ0) is 13.3. The molecule has 0 bridgehead atoms. The number of aryl methyl sites for hydroxylation is 1. The third-order valence-electron chi connectivity index (χ3n) is 3.04. The highest BCUT2D eigenvalue weighted by atomic mass is 32.2. The van der Waals surface area contributed by atoms with E-state index in [0.29, 0.717) is 12.1 Å². The van der Waals surface area contributed by atoms with E-state index in [1.54, 1.807) is 6.92 Å². The summed E-state index contributed by atoms with van der Waals surface area (Å²) in [5, 5.41) is 0. The van der Waals surface area contributed by atoms with Crippen LogP contribution in [0.3, 0.4) is 0 Å². The topological polar surface area (TPSA) is 63.4 Å². The highest BCUT2D eigenvalue weighted by Crippen LogP contribution is 2.31. The standard InChI is InChI=1S/C12H17FN2O2S/c1-9-8-11(4-5-12(9)13)18(16,17)15(7-6-14)10-2-3-10/h4-5,8,10H,2-3,6-7,14H2,1H3. The average Bonchev–Trinajstić information content (AvgIpc) is 3.13. The number of nitrogens with two attached hydrogens (primary N) is 1. The molecule has 0 heterocycles. The van der Waals surface area contributed by atoms with E-state index >= 15 is 0 Å². The molecule has 1 fully saturated rings. The number of nitrogens with zero attached hydrogens (tertiary/aromatic N) is 1. The first-order valence-corrected chi connectivity index (χ1v) is 7.39. The first-order chi connectivity index (χ1) is 8.46. The maximum Gasteiger partial charge on any atom is 0.243 e. The third kappa shape index (κ3) is 2.55. The molecule has 1 aromatic carbocycles. The van der Waals surface area contributed by atoms with Crippen LogP contribution in [-0.4, -0.2) is 31.9 Å². The van der Waals surface area contributed by atoms with Gasteiger partial charge in [-0.05, 0) is 43.5 Å². The second-order valence-electron chi connectivity index (χ2n) is 4.55. The fraction of sp³-hybridized carbons (Fsp3) is 0.500. The number of hydrogen-bond donors (Lipinski definition) is 1. The van der Waals surface area contributed by atoms with Crippen molar-refractivity contribution in [2.75, 3.05) is 13.1 Å². The second kappa shape index (κ2) is 4.95. The molecule has 0 unspecified atom stereocenters. The van der Waals surface area contributed by atoms with Crippen LogP contribution < -0.4 is 5.73 Å². The van der Waals surface area contributed by atoms with E-state index in [2.05, 4.69) is 0 Å². The van der Waals surface area contributed by atoms with Crippen molar-refractivity contribution in [2.24, 2.45) is 5.73 Å². The van der Waals surface area contributed by atoms with Gasteiger partial charge in [0.25, 0.3) is 0 Å². The maximum absolute atomic E-state index is 13.2. The zero-order valence-electron chi connectivity index (χ0n) is 10.3. The van der Waals surface area contributed by atoms with E-state index in [4.69, 9.17) is 5.73 Å². The summed E-state index contributed by atoms with van der Waals surface area (Å²) in [6.45, 7) is 2.15. The average molecular weight is 272 g/mol. The Morgan fingerprint density at radius 3 is 2.61 bits per heavy atom. The highest BCUT2D eigenvalue weighted by Gasteiger charge is 2.37. The van der Waals surface area contributed by atoms with Crippen LogP contribution in [0.5, 0.6) is 0 Å². The summed E-state index contributed by atoms with van der Waals surface area (Å²) in [7, 11) is -3.55. The smallest absolute Gasteiger partial charge is 0.243 e. The molecule has 100 valence electrons. The van der Waals surface area contributed by atoms with Crippen molar-refractivity contribution >= 4 is 10.0 Å². The van der Waals surface area contributed by atoms with Gasteiger partial charge in [-0.2, -0.15) is 4.31 Å². The third-order valence-corrected chi connectivity index (χ3v) is 4.99. The van der Waals surface area contributed by atoms with E-state index in [9.17, 15) is 12.8 Å². The van der Waals surface area contributed by atoms with E-state index in [1.165, 1.54) is 22.5 Å². The van der Waals surface area contributed by atoms with Gasteiger partial charge in [0.1, 0.15) is 5.82 Å². The van der Waals surface area contributed by atoms with Crippen molar-refractivity contribution in [1.29, 1.82) is 0 Å². The van der Waals surface area contributed by atoms with E-state index in [0.717, 1.165) is 12.8 Å². The molecule has 0 aromatic heterocycles. The molecule has 2 N–H and O–H groups in total. The predicted molar refractivity (Wildman–Crippen MR) is 67.1 cm³/mol. The lowest BCUT2D eigenvalue weighted by Crippen LogP contribution is -2.37. The lowest BCUT2D eigenvalue weighted by Gasteiger charge is -2.21. The van der Waals surface area contributed by atoms with Gasteiger partial charge in [-0.3, -0.25) is 0 Å². The Labute approximate surface area is 107 Å².